The summed E-state index contributed by atoms with van der Waals surface area (Å²) in [5, 5.41) is 1.82. The average molecular weight is 317 g/mol. The minimum Gasteiger partial charge on any atom is -0.464 e. The fourth-order valence-corrected chi connectivity index (χ4v) is 2.94. The highest BCUT2D eigenvalue weighted by molar-refractivity contribution is 7.17. The molecule has 22 heavy (non-hydrogen) atoms. The van der Waals surface area contributed by atoms with Gasteiger partial charge in [0.1, 0.15) is 22.8 Å². The predicted molar refractivity (Wildman–Crippen MR) is 83.8 cm³/mol. The van der Waals surface area contributed by atoms with Crippen LogP contribution in [0.2, 0.25) is 0 Å². The zero-order valence-corrected chi connectivity index (χ0v) is 13.1. The van der Waals surface area contributed by atoms with Gasteiger partial charge in [-0.1, -0.05) is 0 Å². The molecule has 6 nitrogen and oxygen atoms in total. The van der Waals surface area contributed by atoms with Gasteiger partial charge in [0.25, 0.3) is 5.56 Å². The second kappa shape index (κ2) is 5.76. The van der Waals surface area contributed by atoms with Gasteiger partial charge in [-0.3, -0.25) is 14.2 Å². The normalized spacial score (nSPS) is 11.0. The summed E-state index contributed by atoms with van der Waals surface area (Å²) in [5.41, 5.74) is 0.480. The highest BCUT2D eigenvalue weighted by atomic mass is 32.1. The average Bonchev–Trinajstić information content (AvgIpc) is 3.11. The van der Waals surface area contributed by atoms with Crippen molar-refractivity contribution in [1.29, 1.82) is 0 Å². The maximum atomic E-state index is 12.3. The van der Waals surface area contributed by atoms with E-state index in [1.54, 1.807) is 13.1 Å². The number of aromatic nitrogens is 2. The van der Waals surface area contributed by atoms with Crippen LogP contribution < -0.4 is 5.56 Å². The first-order valence-electron chi connectivity index (χ1n) is 6.76. The minimum absolute atomic E-state index is 0.0319. The molecule has 3 heterocycles. The number of hydrogen-bond acceptors (Lipinski definition) is 5. The number of rotatable bonds is 4. The number of fused-ring (bicyclic) bond motifs is 1. The van der Waals surface area contributed by atoms with Gasteiger partial charge in [0.2, 0.25) is 5.91 Å². The lowest BCUT2D eigenvalue weighted by molar-refractivity contribution is -0.131. The molecule has 0 unspecified atom stereocenters. The Morgan fingerprint density at radius 1 is 1.41 bits per heavy atom. The lowest BCUT2D eigenvalue weighted by Crippen LogP contribution is -2.33. The summed E-state index contributed by atoms with van der Waals surface area (Å²) < 4.78 is 7.36. The molecule has 0 aliphatic rings. The summed E-state index contributed by atoms with van der Waals surface area (Å²) in [5.74, 6) is 1.35. The van der Waals surface area contributed by atoms with Crippen LogP contribution in [0.1, 0.15) is 11.5 Å². The number of thiophene rings is 1. The Hall–Kier alpha value is -2.41. The van der Waals surface area contributed by atoms with E-state index in [1.807, 2.05) is 24.4 Å². The molecular formula is C15H15N3O3S. The van der Waals surface area contributed by atoms with Crippen molar-refractivity contribution in [2.24, 2.45) is 0 Å². The maximum absolute atomic E-state index is 12.3. The van der Waals surface area contributed by atoms with Crippen LogP contribution in [-0.4, -0.2) is 27.4 Å². The molecule has 1 amide bonds. The van der Waals surface area contributed by atoms with E-state index in [2.05, 4.69) is 4.98 Å². The van der Waals surface area contributed by atoms with Gasteiger partial charge in [0, 0.05) is 7.05 Å². The predicted octanol–water partition coefficient (Wildman–Crippen LogP) is 2.02. The number of amides is 1. The number of carbonyl (C=O) groups excluding carboxylic acids is 1. The standard InChI is InChI=1S/C15H15N3O3S/c1-10-3-4-11(21-10)7-17(2)13(19)8-18-9-16-12-5-6-22-14(12)15(18)20/h3-6,9H,7-8H2,1-2H3. The molecular weight excluding hydrogens is 302 g/mol. The van der Waals surface area contributed by atoms with Crippen molar-refractivity contribution in [2.45, 2.75) is 20.0 Å². The summed E-state index contributed by atoms with van der Waals surface area (Å²) in [6.45, 7) is 2.19. The number of likely N-dealkylation sites (N-methyl/N-ethyl adjacent to an activating group) is 1. The third kappa shape index (κ3) is 2.80. The lowest BCUT2D eigenvalue weighted by atomic mass is 10.4. The monoisotopic (exact) mass is 317 g/mol. The third-order valence-corrected chi connectivity index (χ3v) is 4.25. The second-order valence-corrected chi connectivity index (χ2v) is 5.99. The van der Waals surface area contributed by atoms with Gasteiger partial charge >= 0.3 is 0 Å². The Kier molecular flexibility index (Phi) is 3.81. The van der Waals surface area contributed by atoms with Crippen LogP contribution >= 0.6 is 11.3 Å². The molecule has 3 rings (SSSR count). The van der Waals surface area contributed by atoms with Crippen LogP contribution in [0.25, 0.3) is 10.2 Å². The maximum Gasteiger partial charge on any atom is 0.271 e. The molecule has 0 saturated heterocycles. The number of hydrogen-bond donors (Lipinski definition) is 0. The zero-order chi connectivity index (χ0) is 15.7. The van der Waals surface area contributed by atoms with Crippen molar-refractivity contribution in [3.8, 4) is 0 Å². The molecule has 0 spiro atoms. The number of nitrogens with zero attached hydrogens (tertiary/aromatic N) is 3. The van der Waals surface area contributed by atoms with E-state index in [1.165, 1.54) is 27.1 Å². The topological polar surface area (TPSA) is 68.3 Å². The Bertz CT molecular complexity index is 877. The van der Waals surface area contributed by atoms with Gasteiger partial charge in [-0.15, -0.1) is 11.3 Å². The summed E-state index contributed by atoms with van der Waals surface area (Å²) in [4.78, 5) is 30.2. The van der Waals surface area contributed by atoms with Gasteiger partial charge in [-0.05, 0) is 30.5 Å². The number of furan rings is 1. The van der Waals surface area contributed by atoms with E-state index in [4.69, 9.17) is 4.42 Å². The molecule has 7 heteroatoms. The van der Waals surface area contributed by atoms with Crippen LogP contribution in [0.5, 0.6) is 0 Å². The van der Waals surface area contributed by atoms with Crippen molar-refractivity contribution in [3.63, 3.8) is 0 Å². The molecule has 0 N–H and O–H groups in total. The smallest absolute Gasteiger partial charge is 0.271 e. The van der Waals surface area contributed by atoms with Crippen LogP contribution in [0.4, 0.5) is 0 Å². The van der Waals surface area contributed by atoms with Crippen LogP contribution in [0, 0.1) is 6.92 Å². The SMILES string of the molecule is Cc1ccc(CN(C)C(=O)Cn2cnc3ccsc3c2=O)o1. The van der Waals surface area contributed by atoms with Gasteiger partial charge in [0.15, 0.2) is 0 Å². The minimum atomic E-state index is -0.185. The molecule has 0 radical (unpaired) electrons. The molecule has 3 aromatic rings. The van der Waals surface area contributed by atoms with Crippen LogP contribution in [-0.2, 0) is 17.9 Å². The van der Waals surface area contributed by atoms with Crippen molar-refractivity contribution >= 4 is 27.5 Å². The molecule has 0 aromatic carbocycles. The highest BCUT2D eigenvalue weighted by Crippen LogP contribution is 2.13. The molecule has 0 bridgehead atoms. The Morgan fingerprint density at radius 2 is 2.23 bits per heavy atom. The van der Waals surface area contributed by atoms with Gasteiger partial charge < -0.3 is 9.32 Å². The van der Waals surface area contributed by atoms with E-state index in [0.29, 0.717) is 22.5 Å². The van der Waals surface area contributed by atoms with E-state index < -0.39 is 0 Å². The first kappa shape index (κ1) is 14.5. The molecule has 0 fully saturated rings. The molecule has 0 aliphatic carbocycles. The van der Waals surface area contributed by atoms with E-state index in [9.17, 15) is 9.59 Å². The quantitative estimate of drug-likeness (QED) is 0.738. The Labute approximate surface area is 130 Å². The molecule has 0 atom stereocenters. The summed E-state index contributed by atoms with van der Waals surface area (Å²) in [7, 11) is 1.68. The molecule has 0 saturated carbocycles. The van der Waals surface area contributed by atoms with E-state index >= 15 is 0 Å². The van der Waals surface area contributed by atoms with Gasteiger partial charge in [-0.2, -0.15) is 0 Å². The zero-order valence-electron chi connectivity index (χ0n) is 12.3. The van der Waals surface area contributed by atoms with Crippen LogP contribution in [0.15, 0.2) is 39.1 Å². The van der Waals surface area contributed by atoms with Gasteiger partial charge in [-0.25, -0.2) is 4.98 Å². The van der Waals surface area contributed by atoms with Gasteiger partial charge in [0.05, 0.1) is 18.4 Å². The molecule has 114 valence electrons. The Morgan fingerprint density at radius 3 is 2.95 bits per heavy atom. The second-order valence-electron chi connectivity index (χ2n) is 5.07. The van der Waals surface area contributed by atoms with Crippen molar-refractivity contribution in [2.75, 3.05) is 7.05 Å². The fraction of sp³-hybridized carbons (Fsp3) is 0.267. The third-order valence-electron chi connectivity index (χ3n) is 3.36. The lowest BCUT2D eigenvalue weighted by Gasteiger charge is -2.16. The summed E-state index contributed by atoms with van der Waals surface area (Å²) in [6.07, 6.45) is 1.42. The van der Waals surface area contributed by atoms with Crippen LogP contribution in [0.3, 0.4) is 0 Å². The van der Waals surface area contributed by atoms with Crippen molar-refractivity contribution < 1.29 is 9.21 Å². The molecule has 3 aromatic heterocycles. The first-order valence-corrected chi connectivity index (χ1v) is 7.64. The first-order chi connectivity index (χ1) is 10.5. The fourth-order valence-electron chi connectivity index (χ4n) is 2.15. The molecule has 0 aliphatic heterocycles. The highest BCUT2D eigenvalue weighted by Gasteiger charge is 2.14. The van der Waals surface area contributed by atoms with Crippen molar-refractivity contribution in [1.82, 2.24) is 14.5 Å². The van der Waals surface area contributed by atoms with Crippen molar-refractivity contribution in [3.05, 3.63) is 51.8 Å². The van der Waals surface area contributed by atoms with E-state index in [-0.39, 0.29) is 18.0 Å². The summed E-state index contributed by atoms with van der Waals surface area (Å²) >= 11 is 1.33. The number of aryl methyl sites for hydroxylation is 1. The number of carbonyl (C=O) groups is 1. The van der Waals surface area contributed by atoms with E-state index in [0.717, 1.165) is 5.76 Å². The summed E-state index contributed by atoms with van der Waals surface area (Å²) in [6, 6.07) is 5.48. The largest absolute Gasteiger partial charge is 0.464 e. The Balaban J connectivity index is 1.74.